The summed E-state index contributed by atoms with van der Waals surface area (Å²) in [6.45, 7) is 14.1. The number of aryl methyl sites for hydroxylation is 1. The van der Waals surface area contributed by atoms with Gasteiger partial charge in [0.2, 0.25) is 0 Å². The van der Waals surface area contributed by atoms with Crippen molar-refractivity contribution in [2.45, 2.75) is 78.5 Å². The van der Waals surface area contributed by atoms with E-state index in [4.69, 9.17) is 4.74 Å². The van der Waals surface area contributed by atoms with Gasteiger partial charge >= 0.3 is 0 Å². The van der Waals surface area contributed by atoms with Crippen molar-refractivity contribution in [2.75, 3.05) is 18.4 Å². The van der Waals surface area contributed by atoms with Gasteiger partial charge in [-0.2, -0.15) is 0 Å². The quantitative estimate of drug-likeness (QED) is 0.241. The van der Waals surface area contributed by atoms with Crippen LogP contribution in [-0.4, -0.2) is 30.1 Å². The molecule has 3 rings (SSSR count). The third-order valence-electron chi connectivity index (χ3n) is 6.76. The Labute approximate surface area is 213 Å². The number of benzene rings is 3. The average molecular weight is 473 g/mol. The Bertz CT molecular complexity index is 977. The van der Waals surface area contributed by atoms with E-state index in [1.807, 2.05) is 6.07 Å². The first-order valence-electron chi connectivity index (χ1n) is 13.3. The highest BCUT2D eigenvalue weighted by Crippen LogP contribution is 2.31. The molecule has 3 heteroatoms. The molecule has 0 aliphatic heterocycles. The molecule has 3 nitrogen and oxygen atoms in total. The molecule has 35 heavy (non-hydrogen) atoms. The summed E-state index contributed by atoms with van der Waals surface area (Å²) in [5.41, 5.74) is 5.04. The van der Waals surface area contributed by atoms with E-state index in [0.717, 1.165) is 43.8 Å². The van der Waals surface area contributed by atoms with E-state index in [1.54, 1.807) is 0 Å². The van der Waals surface area contributed by atoms with Crippen LogP contribution in [0.2, 0.25) is 0 Å². The summed E-state index contributed by atoms with van der Waals surface area (Å²) in [6, 6.07) is 28.9. The topological polar surface area (TPSA) is 24.5 Å². The summed E-state index contributed by atoms with van der Waals surface area (Å²) in [5, 5.41) is 3.68. The maximum Gasteiger partial charge on any atom is 0.142 e. The van der Waals surface area contributed by atoms with Crippen LogP contribution >= 0.6 is 0 Å². The SMILES string of the molecule is CC(CCN(C(C)C)C(C)C)c1ccc(OCc2ccccc2)c(NCCCc2ccccc2)c1. The van der Waals surface area contributed by atoms with E-state index in [1.165, 1.54) is 16.7 Å². The molecule has 0 aliphatic rings. The molecular weight excluding hydrogens is 428 g/mol. The summed E-state index contributed by atoms with van der Waals surface area (Å²) in [7, 11) is 0. The van der Waals surface area contributed by atoms with Crippen LogP contribution < -0.4 is 10.1 Å². The third kappa shape index (κ3) is 8.74. The maximum absolute atomic E-state index is 6.26. The normalized spacial score (nSPS) is 12.3. The lowest BCUT2D eigenvalue weighted by Gasteiger charge is -2.31. The molecule has 3 aromatic rings. The zero-order valence-electron chi connectivity index (χ0n) is 22.3. The van der Waals surface area contributed by atoms with Crippen LogP contribution in [0.15, 0.2) is 78.9 Å². The predicted molar refractivity (Wildman–Crippen MR) is 150 cm³/mol. The van der Waals surface area contributed by atoms with Gasteiger partial charge in [0.15, 0.2) is 0 Å². The van der Waals surface area contributed by atoms with Gasteiger partial charge < -0.3 is 10.1 Å². The van der Waals surface area contributed by atoms with E-state index in [0.29, 0.717) is 24.6 Å². The molecule has 0 fully saturated rings. The van der Waals surface area contributed by atoms with Gasteiger partial charge in [0.25, 0.3) is 0 Å². The number of ether oxygens (including phenoxy) is 1. The van der Waals surface area contributed by atoms with Crippen LogP contribution in [-0.2, 0) is 13.0 Å². The van der Waals surface area contributed by atoms with Gasteiger partial charge in [0, 0.05) is 18.6 Å². The summed E-state index contributed by atoms with van der Waals surface area (Å²) >= 11 is 0. The first-order chi connectivity index (χ1) is 16.9. The number of rotatable bonds is 14. The third-order valence-corrected chi connectivity index (χ3v) is 6.76. The van der Waals surface area contributed by atoms with E-state index in [-0.39, 0.29) is 0 Å². The van der Waals surface area contributed by atoms with Gasteiger partial charge in [-0.15, -0.1) is 0 Å². The van der Waals surface area contributed by atoms with Crippen molar-refractivity contribution < 1.29 is 4.74 Å². The monoisotopic (exact) mass is 472 g/mol. The average Bonchev–Trinajstić information content (AvgIpc) is 2.86. The molecule has 0 saturated carbocycles. The van der Waals surface area contributed by atoms with Crippen LogP contribution in [0, 0.1) is 0 Å². The molecular formula is C32H44N2O. The summed E-state index contributed by atoms with van der Waals surface area (Å²) < 4.78 is 6.26. The molecule has 1 unspecified atom stereocenters. The van der Waals surface area contributed by atoms with Crippen molar-refractivity contribution in [3.8, 4) is 5.75 Å². The highest BCUT2D eigenvalue weighted by molar-refractivity contribution is 5.58. The highest BCUT2D eigenvalue weighted by Gasteiger charge is 2.16. The van der Waals surface area contributed by atoms with Gasteiger partial charge in [-0.3, -0.25) is 4.90 Å². The Morgan fingerprint density at radius 1 is 0.771 bits per heavy atom. The minimum absolute atomic E-state index is 0.489. The minimum atomic E-state index is 0.489. The van der Waals surface area contributed by atoms with E-state index >= 15 is 0 Å². The van der Waals surface area contributed by atoms with Gasteiger partial charge in [-0.25, -0.2) is 0 Å². The Kier molecular flexibility index (Phi) is 10.7. The fourth-order valence-corrected chi connectivity index (χ4v) is 4.64. The van der Waals surface area contributed by atoms with Gasteiger partial charge in [-0.05, 0) is 88.2 Å². The second-order valence-electron chi connectivity index (χ2n) is 10.2. The van der Waals surface area contributed by atoms with Gasteiger partial charge in [0.05, 0.1) is 5.69 Å². The molecule has 0 aromatic heterocycles. The van der Waals surface area contributed by atoms with Crippen LogP contribution in [0.3, 0.4) is 0 Å². The number of hydrogen-bond acceptors (Lipinski definition) is 3. The second-order valence-corrected chi connectivity index (χ2v) is 10.2. The fourth-order valence-electron chi connectivity index (χ4n) is 4.64. The number of hydrogen-bond donors (Lipinski definition) is 1. The number of anilines is 1. The summed E-state index contributed by atoms with van der Waals surface area (Å²) in [6.07, 6.45) is 3.30. The van der Waals surface area contributed by atoms with Crippen molar-refractivity contribution in [3.63, 3.8) is 0 Å². The number of nitrogens with one attached hydrogen (secondary N) is 1. The van der Waals surface area contributed by atoms with Crippen molar-refractivity contribution in [2.24, 2.45) is 0 Å². The van der Waals surface area contributed by atoms with Crippen LogP contribution in [0.5, 0.6) is 5.75 Å². The lowest BCUT2D eigenvalue weighted by atomic mass is 9.96. The maximum atomic E-state index is 6.26. The summed E-state index contributed by atoms with van der Waals surface area (Å²) in [4.78, 5) is 2.58. The first kappa shape index (κ1) is 26.8. The molecule has 188 valence electrons. The molecule has 0 radical (unpaired) electrons. The van der Waals surface area contributed by atoms with Crippen LogP contribution in [0.4, 0.5) is 5.69 Å². The lowest BCUT2D eigenvalue weighted by Crippen LogP contribution is -2.38. The van der Waals surface area contributed by atoms with Gasteiger partial charge in [0.1, 0.15) is 12.4 Å². The van der Waals surface area contributed by atoms with E-state index in [2.05, 4.69) is 118 Å². The highest BCUT2D eigenvalue weighted by atomic mass is 16.5. The zero-order valence-corrected chi connectivity index (χ0v) is 22.3. The predicted octanol–water partition coefficient (Wildman–Crippen LogP) is 7.92. The standard InChI is InChI=1S/C32H44N2O/c1-25(2)34(26(3)4)22-20-27(5)30-18-19-32(35-24-29-15-10-7-11-16-29)31(23-30)33-21-12-17-28-13-8-6-9-14-28/h6-11,13-16,18-19,23,25-27,33H,12,17,20-22,24H2,1-5H3. The van der Waals surface area contributed by atoms with Crippen molar-refractivity contribution in [1.82, 2.24) is 4.90 Å². The molecule has 0 saturated heterocycles. The Balaban J connectivity index is 1.67. The van der Waals surface area contributed by atoms with Crippen molar-refractivity contribution >= 4 is 5.69 Å². The first-order valence-corrected chi connectivity index (χ1v) is 13.3. The molecule has 0 amide bonds. The molecule has 0 spiro atoms. The Morgan fingerprint density at radius 2 is 1.40 bits per heavy atom. The summed E-state index contributed by atoms with van der Waals surface area (Å²) in [5.74, 6) is 1.42. The van der Waals surface area contributed by atoms with Crippen molar-refractivity contribution in [1.29, 1.82) is 0 Å². The van der Waals surface area contributed by atoms with Crippen molar-refractivity contribution in [3.05, 3.63) is 95.6 Å². The molecule has 3 aromatic carbocycles. The molecule has 0 heterocycles. The lowest BCUT2D eigenvalue weighted by molar-refractivity contribution is 0.169. The fraction of sp³-hybridized carbons (Fsp3) is 0.438. The van der Waals surface area contributed by atoms with Crippen LogP contribution in [0.25, 0.3) is 0 Å². The molecule has 1 atom stereocenters. The second kappa shape index (κ2) is 13.9. The van der Waals surface area contributed by atoms with E-state index in [9.17, 15) is 0 Å². The zero-order chi connectivity index (χ0) is 25.0. The Morgan fingerprint density at radius 3 is 2.03 bits per heavy atom. The minimum Gasteiger partial charge on any atom is -0.487 e. The Hall–Kier alpha value is -2.78. The van der Waals surface area contributed by atoms with E-state index < -0.39 is 0 Å². The molecule has 1 N–H and O–H groups in total. The smallest absolute Gasteiger partial charge is 0.142 e. The largest absolute Gasteiger partial charge is 0.487 e. The van der Waals surface area contributed by atoms with Crippen LogP contribution in [0.1, 0.15) is 70.1 Å². The molecule has 0 aliphatic carbocycles. The molecule has 0 bridgehead atoms. The number of nitrogens with zero attached hydrogens (tertiary/aromatic N) is 1. The van der Waals surface area contributed by atoms with Gasteiger partial charge in [-0.1, -0.05) is 73.7 Å².